The molecule has 0 aliphatic rings. The third kappa shape index (κ3) is 6.27. The molecule has 0 aliphatic carbocycles. The van der Waals surface area contributed by atoms with Crippen LogP contribution >= 0.6 is 0 Å². The maximum atomic E-state index is 8.57. The van der Waals surface area contributed by atoms with Gasteiger partial charge in [-0.1, -0.05) is 157 Å². The summed E-state index contributed by atoms with van der Waals surface area (Å²) >= 11 is 0. The highest BCUT2D eigenvalue weighted by Crippen LogP contribution is 2.41. The second-order valence-electron chi connectivity index (χ2n) is 12.6. The van der Waals surface area contributed by atoms with E-state index in [1.807, 2.05) is 72.8 Å². The molecule has 3 N–H and O–H groups in total. The van der Waals surface area contributed by atoms with Gasteiger partial charge in [0.1, 0.15) is 17.0 Å². The lowest BCUT2D eigenvalue weighted by Crippen LogP contribution is -2.17. The van der Waals surface area contributed by atoms with Crippen molar-refractivity contribution in [3.8, 4) is 22.3 Å². The van der Waals surface area contributed by atoms with Crippen LogP contribution in [-0.4, -0.2) is 11.7 Å². The highest BCUT2D eigenvalue weighted by atomic mass is 16.3. The maximum absolute atomic E-state index is 8.57. The molecule has 0 fully saturated rings. The summed E-state index contributed by atoms with van der Waals surface area (Å²) in [6, 6.07) is 59.6. The number of aryl methyl sites for hydroxylation is 1. The fraction of sp³-hybridized carbons (Fsp3) is 0.0213. The molecule has 244 valence electrons. The van der Waals surface area contributed by atoms with Crippen molar-refractivity contribution in [2.24, 2.45) is 10.7 Å². The predicted octanol–water partition coefficient (Wildman–Crippen LogP) is 12.0. The Kier molecular flexibility index (Phi) is 8.41. The molecule has 0 spiro atoms. The molecule has 9 rings (SSSR count). The summed E-state index contributed by atoms with van der Waals surface area (Å²) in [5.41, 5.74) is 15.4. The molecule has 0 atom stereocenters. The highest BCUT2D eigenvalue weighted by molar-refractivity contribution is 6.18. The van der Waals surface area contributed by atoms with Gasteiger partial charge in [0.25, 0.3) is 0 Å². The summed E-state index contributed by atoms with van der Waals surface area (Å²) in [6.45, 7) is 2.08. The fourth-order valence-electron chi connectivity index (χ4n) is 6.69. The van der Waals surface area contributed by atoms with Gasteiger partial charge in [0.05, 0.1) is 0 Å². The topological polar surface area (TPSA) is 75.4 Å². The molecule has 0 radical (unpaired) electrons. The number of aliphatic imine (C=N–C) groups is 1. The monoisotopic (exact) mass is 657 g/mol. The zero-order valence-electron chi connectivity index (χ0n) is 28.2. The number of hydrogen-bond donors (Lipinski definition) is 2. The summed E-state index contributed by atoms with van der Waals surface area (Å²) in [6.07, 6.45) is 0. The third-order valence-corrected chi connectivity index (χ3v) is 9.26. The van der Waals surface area contributed by atoms with Crippen LogP contribution in [0.15, 0.2) is 185 Å². The summed E-state index contributed by atoms with van der Waals surface area (Å²) in [5, 5.41) is 15.3. The van der Waals surface area contributed by atoms with E-state index >= 15 is 0 Å². The van der Waals surface area contributed by atoms with Gasteiger partial charge in [-0.3, -0.25) is 5.41 Å². The van der Waals surface area contributed by atoms with E-state index < -0.39 is 0 Å². The number of hydrogen-bond acceptors (Lipinski definition) is 2. The van der Waals surface area contributed by atoms with Crippen molar-refractivity contribution in [3.63, 3.8) is 0 Å². The van der Waals surface area contributed by atoms with Crippen LogP contribution in [0.3, 0.4) is 0 Å². The van der Waals surface area contributed by atoms with Gasteiger partial charge in [-0.05, 0) is 69.4 Å². The number of para-hydroxylation sites is 1. The molecule has 8 aromatic carbocycles. The van der Waals surface area contributed by atoms with Crippen LogP contribution in [0.1, 0.15) is 16.7 Å². The summed E-state index contributed by atoms with van der Waals surface area (Å²) < 4.78 is 6.48. The first kappa shape index (κ1) is 31.5. The van der Waals surface area contributed by atoms with Gasteiger partial charge < -0.3 is 10.2 Å². The van der Waals surface area contributed by atoms with Crippen molar-refractivity contribution in [3.05, 3.63) is 193 Å². The molecule has 0 saturated carbocycles. The number of nitrogens with two attached hydrogens (primary N) is 1. The molecule has 4 heteroatoms. The number of benzene rings is 8. The van der Waals surface area contributed by atoms with Crippen LogP contribution in [0.25, 0.3) is 65.7 Å². The van der Waals surface area contributed by atoms with Crippen LogP contribution in [0.4, 0.5) is 0 Å². The van der Waals surface area contributed by atoms with E-state index in [0.29, 0.717) is 11.4 Å². The number of fused-ring (bicyclic) bond motifs is 5. The van der Waals surface area contributed by atoms with Crippen molar-refractivity contribution < 1.29 is 4.42 Å². The standard InChI is InChI=1S/C40H27N3O.C7H8/c41-39(27-10-2-1-3-11-27)43-40(42)35-23-29-13-5-4-12-28(29)22-33(35)25-18-20-26(21-19-25)37-31-15-7-6-14-30(31)24-34-32-16-8-9-17-36(32)44-38(34)37;1-7-5-3-2-4-6-7/h1-24H,(H3,41,42,43);2-6H,1H3. The van der Waals surface area contributed by atoms with Crippen LogP contribution in [0.2, 0.25) is 0 Å². The second kappa shape index (κ2) is 13.6. The number of nitrogens with one attached hydrogen (secondary N) is 1. The van der Waals surface area contributed by atoms with Crippen LogP contribution in [0.5, 0.6) is 0 Å². The van der Waals surface area contributed by atoms with Crippen molar-refractivity contribution in [1.82, 2.24) is 0 Å². The number of amidine groups is 2. The van der Waals surface area contributed by atoms with Gasteiger partial charge in [0, 0.05) is 27.5 Å². The lowest BCUT2D eigenvalue weighted by atomic mass is 9.91. The first-order valence-electron chi connectivity index (χ1n) is 17.0. The van der Waals surface area contributed by atoms with E-state index in [1.54, 1.807) is 0 Å². The molecule has 0 unspecified atom stereocenters. The average Bonchev–Trinajstić information content (AvgIpc) is 3.55. The minimum atomic E-state index is 0.128. The molecule has 51 heavy (non-hydrogen) atoms. The largest absolute Gasteiger partial charge is 0.455 e. The maximum Gasteiger partial charge on any atom is 0.154 e. The van der Waals surface area contributed by atoms with E-state index in [0.717, 1.165) is 65.9 Å². The molecule has 1 heterocycles. The quantitative estimate of drug-likeness (QED) is 0.146. The third-order valence-electron chi connectivity index (χ3n) is 9.26. The summed E-state index contributed by atoms with van der Waals surface area (Å²) in [5.74, 6) is 0.435. The smallest absolute Gasteiger partial charge is 0.154 e. The zero-order valence-corrected chi connectivity index (χ0v) is 28.2. The van der Waals surface area contributed by atoms with Gasteiger partial charge in [0.15, 0.2) is 5.84 Å². The van der Waals surface area contributed by atoms with Crippen LogP contribution in [-0.2, 0) is 0 Å². The Morgan fingerprint density at radius 3 is 1.80 bits per heavy atom. The Hall–Kier alpha value is -6.78. The van der Waals surface area contributed by atoms with Crippen molar-refractivity contribution in [2.75, 3.05) is 0 Å². The average molecular weight is 658 g/mol. The zero-order chi connectivity index (χ0) is 34.7. The molecular formula is C47H35N3O. The minimum Gasteiger partial charge on any atom is -0.455 e. The molecule has 4 nitrogen and oxygen atoms in total. The van der Waals surface area contributed by atoms with E-state index in [9.17, 15) is 0 Å². The number of furan rings is 1. The van der Waals surface area contributed by atoms with Crippen molar-refractivity contribution in [2.45, 2.75) is 6.92 Å². The molecule has 0 aliphatic heterocycles. The number of nitrogens with zero attached hydrogens (tertiary/aromatic N) is 1. The van der Waals surface area contributed by atoms with Gasteiger partial charge in [-0.15, -0.1) is 0 Å². The molecule has 9 aromatic rings. The first-order valence-corrected chi connectivity index (χ1v) is 17.0. The normalized spacial score (nSPS) is 11.5. The predicted molar refractivity (Wildman–Crippen MR) is 215 cm³/mol. The fourth-order valence-corrected chi connectivity index (χ4v) is 6.69. The van der Waals surface area contributed by atoms with Gasteiger partial charge in [-0.2, -0.15) is 0 Å². The van der Waals surface area contributed by atoms with E-state index in [4.69, 9.17) is 15.6 Å². The molecule has 1 aromatic heterocycles. The lowest BCUT2D eigenvalue weighted by Gasteiger charge is -2.14. The van der Waals surface area contributed by atoms with E-state index in [2.05, 4.69) is 115 Å². The number of rotatable bonds is 4. The van der Waals surface area contributed by atoms with Gasteiger partial charge >= 0.3 is 0 Å². The Morgan fingerprint density at radius 1 is 0.549 bits per heavy atom. The van der Waals surface area contributed by atoms with Crippen molar-refractivity contribution >= 4 is 55.2 Å². The molecule has 0 saturated heterocycles. The Balaban J connectivity index is 0.000000480. The van der Waals surface area contributed by atoms with Crippen LogP contribution in [0, 0.1) is 12.3 Å². The SMILES string of the molecule is Cc1ccccc1.N=C(N=C(N)c1cc2ccccc2cc1-c1ccc(-c2c3ccccc3cc3c2oc2ccccc23)cc1)c1ccccc1. The van der Waals surface area contributed by atoms with Crippen molar-refractivity contribution in [1.29, 1.82) is 5.41 Å². The minimum absolute atomic E-state index is 0.128. The molecule has 0 bridgehead atoms. The van der Waals surface area contributed by atoms with E-state index in [1.165, 1.54) is 10.9 Å². The van der Waals surface area contributed by atoms with E-state index in [-0.39, 0.29) is 5.84 Å². The van der Waals surface area contributed by atoms with Gasteiger partial charge in [0.2, 0.25) is 0 Å². The Labute approximate surface area is 296 Å². The highest BCUT2D eigenvalue weighted by Gasteiger charge is 2.17. The molecular weight excluding hydrogens is 623 g/mol. The summed E-state index contributed by atoms with van der Waals surface area (Å²) in [7, 11) is 0. The second-order valence-corrected chi connectivity index (χ2v) is 12.6. The lowest BCUT2D eigenvalue weighted by molar-refractivity contribution is 0.670. The Morgan fingerprint density at radius 2 is 1.12 bits per heavy atom. The Bertz CT molecular complexity index is 2710. The summed E-state index contributed by atoms with van der Waals surface area (Å²) in [4.78, 5) is 4.53. The van der Waals surface area contributed by atoms with Crippen LogP contribution < -0.4 is 5.73 Å². The first-order chi connectivity index (χ1) is 25.0. The van der Waals surface area contributed by atoms with Gasteiger partial charge in [-0.25, -0.2) is 4.99 Å². The molecule has 0 amide bonds.